The minimum absolute atomic E-state index is 0.0778. The Bertz CT molecular complexity index is 1030. The van der Waals surface area contributed by atoms with Crippen molar-refractivity contribution in [2.45, 2.75) is 39.8 Å². The van der Waals surface area contributed by atoms with Crippen LogP contribution < -0.4 is 10.1 Å². The van der Waals surface area contributed by atoms with Gasteiger partial charge in [-0.15, -0.1) is 0 Å². The largest absolute Gasteiger partial charge is 0.457 e. The normalized spacial score (nSPS) is 11.1. The van der Waals surface area contributed by atoms with Crippen molar-refractivity contribution in [2.75, 3.05) is 6.54 Å². The van der Waals surface area contributed by atoms with Crippen molar-refractivity contribution in [3.8, 4) is 22.8 Å². The van der Waals surface area contributed by atoms with Crippen LogP contribution in [-0.4, -0.2) is 33.8 Å². The van der Waals surface area contributed by atoms with Gasteiger partial charge in [0.05, 0.1) is 12.1 Å². The summed E-state index contributed by atoms with van der Waals surface area (Å²) in [5.74, 6) is 1.37. The van der Waals surface area contributed by atoms with E-state index in [4.69, 9.17) is 9.47 Å². The molecule has 7 heteroatoms. The Hall–Kier alpha value is -3.61. The topological polar surface area (TPSA) is 82.5 Å². The number of hydrogen-bond acceptors (Lipinski definition) is 5. The lowest BCUT2D eigenvalue weighted by Crippen LogP contribution is -2.34. The zero-order valence-corrected chi connectivity index (χ0v) is 18.2. The highest BCUT2D eigenvalue weighted by molar-refractivity contribution is 5.99. The smallest absolute Gasteiger partial charge is 0.407 e. The Morgan fingerprint density at radius 1 is 1.00 bits per heavy atom. The number of rotatable bonds is 7. The average Bonchev–Trinajstić information content (AvgIpc) is 3.12. The van der Waals surface area contributed by atoms with Crippen LogP contribution in [0, 0.1) is 0 Å². The summed E-state index contributed by atoms with van der Waals surface area (Å²) >= 11 is 0. The monoisotopic (exact) mass is 421 g/mol. The summed E-state index contributed by atoms with van der Waals surface area (Å²) in [6.45, 7) is 7.67. The molecule has 0 saturated heterocycles. The number of hydrogen-bond donors (Lipinski definition) is 1. The van der Waals surface area contributed by atoms with Gasteiger partial charge >= 0.3 is 6.09 Å². The van der Waals surface area contributed by atoms with Gasteiger partial charge in [0.25, 0.3) is 0 Å². The van der Waals surface area contributed by atoms with Crippen LogP contribution in [0.2, 0.25) is 0 Å². The zero-order chi connectivity index (χ0) is 22.4. The van der Waals surface area contributed by atoms with Crippen LogP contribution in [0.1, 0.15) is 38.1 Å². The van der Waals surface area contributed by atoms with Crippen LogP contribution in [0.5, 0.6) is 11.5 Å². The third-order valence-electron chi connectivity index (χ3n) is 4.26. The average molecular weight is 421 g/mol. The van der Waals surface area contributed by atoms with Crippen LogP contribution >= 0.6 is 0 Å². The van der Waals surface area contributed by atoms with Gasteiger partial charge in [0.1, 0.15) is 22.8 Å². The van der Waals surface area contributed by atoms with E-state index >= 15 is 0 Å². The van der Waals surface area contributed by atoms with Crippen molar-refractivity contribution >= 4 is 11.9 Å². The molecule has 2 aromatic carbocycles. The van der Waals surface area contributed by atoms with Gasteiger partial charge in [-0.25, -0.2) is 4.79 Å². The number of ether oxygens (including phenoxy) is 2. The first-order chi connectivity index (χ1) is 14.7. The fourth-order valence-corrected chi connectivity index (χ4v) is 2.90. The molecular formula is C24H27N3O4. The van der Waals surface area contributed by atoms with E-state index in [9.17, 15) is 9.59 Å². The Labute approximate surface area is 182 Å². The maximum absolute atomic E-state index is 12.1. The third kappa shape index (κ3) is 6.44. The van der Waals surface area contributed by atoms with E-state index in [1.165, 1.54) is 6.92 Å². The molecule has 0 spiro atoms. The Morgan fingerprint density at radius 3 is 2.26 bits per heavy atom. The van der Waals surface area contributed by atoms with Crippen LogP contribution in [0.15, 0.2) is 60.8 Å². The molecule has 0 aliphatic carbocycles. The van der Waals surface area contributed by atoms with Gasteiger partial charge in [0, 0.05) is 18.3 Å². The lowest BCUT2D eigenvalue weighted by Gasteiger charge is -2.19. The quantitative estimate of drug-likeness (QED) is 0.539. The highest BCUT2D eigenvalue weighted by Gasteiger charge is 2.17. The lowest BCUT2D eigenvalue weighted by atomic mass is 10.1. The molecule has 7 nitrogen and oxygen atoms in total. The van der Waals surface area contributed by atoms with Gasteiger partial charge in [-0.3, -0.25) is 9.48 Å². The summed E-state index contributed by atoms with van der Waals surface area (Å²) in [6.07, 6.45) is 1.21. The predicted molar refractivity (Wildman–Crippen MR) is 118 cm³/mol. The first kappa shape index (κ1) is 22.1. The minimum Gasteiger partial charge on any atom is -0.457 e. The number of alkyl carbamates (subject to hydrolysis) is 1. The van der Waals surface area contributed by atoms with Gasteiger partial charge in [0.2, 0.25) is 0 Å². The number of aromatic nitrogens is 2. The summed E-state index contributed by atoms with van der Waals surface area (Å²) in [7, 11) is 0. The molecule has 1 aromatic heterocycles. The number of para-hydroxylation sites is 1. The van der Waals surface area contributed by atoms with Crippen LogP contribution in [0.3, 0.4) is 0 Å². The number of amides is 1. The van der Waals surface area contributed by atoms with Gasteiger partial charge in [-0.1, -0.05) is 18.2 Å². The second-order valence-corrected chi connectivity index (χ2v) is 8.08. The molecule has 0 atom stereocenters. The van der Waals surface area contributed by atoms with Crippen molar-refractivity contribution in [1.29, 1.82) is 0 Å². The number of ketones is 1. The van der Waals surface area contributed by atoms with Crippen molar-refractivity contribution < 1.29 is 19.1 Å². The lowest BCUT2D eigenvalue weighted by molar-refractivity contribution is 0.0525. The second-order valence-electron chi connectivity index (χ2n) is 8.08. The minimum atomic E-state index is -0.554. The molecule has 31 heavy (non-hydrogen) atoms. The molecule has 162 valence electrons. The second kappa shape index (κ2) is 9.47. The summed E-state index contributed by atoms with van der Waals surface area (Å²) in [6, 6.07) is 16.9. The SMILES string of the molecule is CC(=O)c1cn(CCNC(=O)OC(C)(C)C)nc1-c1ccc(Oc2ccccc2)cc1. The molecule has 0 fully saturated rings. The molecular weight excluding hydrogens is 394 g/mol. The van der Waals surface area contributed by atoms with Crippen molar-refractivity contribution in [3.05, 3.63) is 66.4 Å². The van der Waals surface area contributed by atoms with E-state index in [0.29, 0.717) is 30.1 Å². The standard InChI is InChI=1S/C24H27N3O4/c1-17(28)21-16-27(15-14-25-23(29)31-24(2,3)4)26-22(21)18-10-12-20(13-11-18)30-19-8-6-5-7-9-19/h5-13,16H,14-15H2,1-4H3,(H,25,29). The summed E-state index contributed by atoms with van der Waals surface area (Å²) in [5, 5.41) is 7.24. The predicted octanol–water partition coefficient (Wildman–Crippen LogP) is 5.07. The fraction of sp³-hybridized carbons (Fsp3) is 0.292. The van der Waals surface area contributed by atoms with Gasteiger partial charge in [0.15, 0.2) is 5.78 Å². The Kier molecular flexibility index (Phi) is 6.74. The highest BCUT2D eigenvalue weighted by atomic mass is 16.6. The van der Waals surface area contributed by atoms with Crippen LogP contribution in [0.25, 0.3) is 11.3 Å². The van der Waals surface area contributed by atoms with Crippen molar-refractivity contribution in [1.82, 2.24) is 15.1 Å². The number of benzene rings is 2. The molecule has 3 aromatic rings. The van der Waals surface area contributed by atoms with E-state index in [1.54, 1.807) is 10.9 Å². The summed E-state index contributed by atoms with van der Waals surface area (Å²) in [4.78, 5) is 23.9. The summed E-state index contributed by atoms with van der Waals surface area (Å²) in [5.41, 5.74) is 1.37. The highest BCUT2D eigenvalue weighted by Crippen LogP contribution is 2.27. The molecule has 1 heterocycles. The third-order valence-corrected chi connectivity index (χ3v) is 4.26. The molecule has 0 bridgehead atoms. The van der Waals surface area contributed by atoms with Gasteiger partial charge in [-0.2, -0.15) is 5.10 Å². The number of nitrogens with one attached hydrogen (secondary N) is 1. The number of carbonyl (C=O) groups is 2. The maximum atomic E-state index is 12.1. The Balaban J connectivity index is 1.69. The van der Waals surface area contributed by atoms with Gasteiger partial charge < -0.3 is 14.8 Å². The van der Waals surface area contributed by atoms with E-state index < -0.39 is 11.7 Å². The molecule has 3 rings (SSSR count). The number of Topliss-reactive ketones (excluding diaryl/α,β-unsaturated/α-hetero) is 1. The first-order valence-electron chi connectivity index (χ1n) is 10.1. The van der Waals surface area contributed by atoms with E-state index in [1.807, 2.05) is 75.4 Å². The molecule has 0 unspecified atom stereocenters. The van der Waals surface area contributed by atoms with E-state index in [2.05, 4.69) is 10.4 Å². The Morgan fingerprint density at radius 2 is 1.65 bits per heavy atom. The number of carbonyl (C=O) groups excluding carboxylic acids is 2. The molecule has 0 aliphatic heterocycles. The zero-order valence-electron chi connectivity index (χ0n) is 18.2. The number of nitrogens with zero attached hydrogens (tertiary/aromatic N) is 2. The van der Waals surface area contributed by atoms with E-state index in [0.717, 1.165) is 11.3 Å². The molecule has 0 saturated carbocycles. The molecule has 1 amide bonds. The fourth-order valence-electron chi connectivity index (χ4n) is 2.90. The van der Waals surface area contributed by atoms with Crippen LogP contribution in [-0.2, 0) is 11.3 Å². The summed E-state index contributed by atoms with van der Waals surface area (Å²) < 4.78 is 12.7. The molecule has 1 N–H and O–H groups in total. The van der Waals surface area contributed by atoms with E-state index in [-0.39, 0.29) is 5.78 Å². The van der Waals surface area contributed by atoms with Crippen LogP contribution in [0.4, 0.5) is 4.79 Å². The maximum Gasteiger partial charge on any atom is 0.407 e. The molecule has 0 aliphatic rings. The van der Waals surface area contributed by atoms with Crippen molar-refractivity contribution in [3.63, 3.8) is 0 Å². The molecule has 0 radical (unpaired) electrons. The van der Waals surface area contributed by atoms with Crippen molar-refractivity contribution in [2.24, 2.45) is 0 Å². The first-order valence-corrected chi connectivity index (χ1v) is 10.1. The van der Waals surface area contributed by atoms with Gasteiger partial charge in [-0.05, 0) is 64.1 Å².